The molecule has 0 fully saturated rings. The summed E-state index contributed by atoms with van der Waals surface area (Å²) in [4.78, 5) is 0.226. The number of aliphatic hydroxyl groups excluding tert-OH is 1. The van der Waals surface area contributed by atoms with Crippen LogP contribution in [0.25, 0.3) is 10.8 Å². The van der Waals surface area contributed by atoms with Gasteiger partial charge in [0.1, 0.15) is 0 Å². The Hall–Kier alpha value is -3.35. The van der Waals surface area contributed by atoms with Crippen LogP contribution in [-0.4, -0.2) is 13.5 Å². The Morgan fingerprint density at radius 2 is 1.61 bits per heavy atom. The van der Waals surface area contributed by atoms with E-state index in [0.717, 1.165) is 33.9 Å². The topological polar surface area (TPSA) is 78.4 Å². The highest BCUT2D eigenvalue weighted by atomic mass is 32.2. The van der Waals surface area contributed by atoms with E-state index in [1.807, 2.05) is 55.5 Å². The van der Waals surface area contributed by atoms with Crippen molar-refractivity contribution >= 4 is 20.8 Å². The van der Waals surface area contributed by atoms with E-state index in [0.29, 0.717) is 0 Å². The number of nitrogens with one attached hydrogen (secondary N) is 2. The summed E-state index contributed by atoms with van der Waals surface area (Å²) in [6, 6.07) is 19.6. The molecule has 3 aromatic rings. The zero-order chi connectivity index (χ0) is 21.8. The van der Waals surface area contributed by atoms with E-state index in [1.54, 1.807) is 36.4 Å². The fourth-order valence-corrected chi connectivity index (χ4v) is 5.31. The number of aliphatic hydroxyl groups is 1. The molecule has 2 atom stereocenters. The van der Waals surface area contributed by atoms with Crippen molar-refractivity contribution in [2.75, 3.05) is 0 Å². The first-order valence-corrected chi connectivity index (χ1v) is 11.5. The Bertz CT molecular complexity index is 1270. The fourth-order valence-electron chi connectivity index (χ4n) is 4.06. The second kappa shape index (κ2) is 8.79. The number of allylic oxidation sites excluding steroid dienone is 4. The van der Waals surface area contributed by atoms with Crippen LogP contribution in [0.2, 0.25) is 0 Å². The SMILES string of the molecule is C\C=C/C(=C\C=C\O)NC1c2cccc3cccc(c23)C1NS(=O)(=O)c1ccccc1. The molecule has 2 unspecified atom stereocenters. The van der Waals surface area contributed by atoms with Crippen LogP contribution in [-0.2, 0) is 10.0 Å². The molecule has 0 aliphatic heterocycles. The van der Waals surface area contributed by atoms with Crippen molar-refractivity contribution in [2.45, 2.75) is 23.9 Å². The molecule has 1 aliphatic rings. The predicted octanol–water partition coefficient (Wildman–Crippen LogP) is 5.04. The van der Waals surface area contributed by atoms with E-state index in [-0.39, 0.29) is 10.9 Å². The minimum atomic E-state index is -3.74. The third kappa shape index (κ3) is 4.13. The van der Waals surface area contributed by atoms with E-state index in [4.69, 9.17) is 5.11 Å². The molecule has 5 nitrogen and oxygen atoms in total. The van der Waals surface area contributed by atoms with Gasteiger partial charge in [-0.1, -0.05) is 60.7 Å². The van der Waals surface area contributed by atoms with Crippen molar-refractivity contribution in [3.8, 4) is 0 Å². The van der Waals surface area contributed by atoms with Crippen molar-refractivity contribution in [3.63, 3.8) is 0 Å². The zero-order valence-corrected chi connectivity index (χ0v) is 17.9. The van der Waals surface area contributed by atoms with E-state index in [9.17, 15) is 8.42 Å². The van der Waals surface area contributed by atoms with Crippen LogP contribution in [0.4, 0.5) is 0 Å². The summed E-state index contributed by atoms with van der Waals surface area (Å²) in [5.74, 6) is 0. The third-order valence-corrected chi connectivity index (χ3v) is 6.80. The molecule has 0 spiro atoms. The molecular weight excluding hydrogens is 408 g/mol. The average molecular weight is 433 g/mol. The monoisotopic (exact) mass is 432 g/mol. The minimum Gasteiger partial charge on any atom is -0.516 e. The van der Waals surface area contributed by atoms with Crippen LogP contribution in [0.1, 0.15) is 30.1 Å². The molecule has 3 N–H and O–H groups in total. The molecule has 4 rings (SSSR count). The lowest BCUT2D eigenvalue weighted by atomic mass is 10.0. The maximum Gasteiger partial charge on any atom is 0.241 e. The Morgan fingerprint density at radius 3 is 2.26 bits per heavy atom. The molecule has 158 valence electrons. The van der Waals surface area contributed by atoms with Crippen molar-refractivity contribution in [1.29, 1.82) is 0 Å². The summed E-state index contributed by atoms with van der Waals surface area (Å²) < 4.78 is 29.3. The smallest absolute Gasteiger partial charge is 0.241 e. The lowest BCUT2D eigenvalue weighted by Crippen LogP contribution is -2.35. The normalized spacial score (nSPS) is 18.9. The van der Waals surface area contributed by atoms with Gasteiger partial charge in [0, 0.05) is 5.70 Å². The standard InChI is InChI=1S/C25H24N2O3S/c1-2-9-19(12-8-17-28)26-24-21-15-6-10-18-11-7-16-22(23(18)21)25(24)27-31(29,30)20-13-4-3-5-14-20/h2-17,24-28H,1H3/b9-2-,17-8+,19-12+. The van der Waals surface area contributed by atoms with Gasteiger partial charge in [0.15, 0.2) is 0 Å². The first-order chi connectivity index (χ1) is 15.0. The summed E-state index contributed by atoms with van der Waals surface area (Å²) in [5, 5.41) is 14.7. The third-order valence-electron chi connectivity index (χ3n) is 5.34. The van der Waals surface area contributed by atoms with Crippen LogP contribution in [0.3, 0.4) is 0 Å². The molecule has 0 bridgehead atoms. The van der Waals surface area contributed by atoms with Gasteiger partial charge in [-0.15, -0.1) is 0 Å². The largest absolute Gasteiger partial charge is 0.516 e. The maximum absolute atomic E-state index is 13.2. The quantitative estimate of drug-likeness (QED) is 0.361. The van der Waals surface area contributed by atoms with Crippen LogP contribution in [0.5, 0.6) is 0 Å². The van der Waals surface area contributed by atoms with Crippen LogP contribution < -0.4 is 10.0 Å². The zero-order valence-electron chi connectivity index (χ0n) is 17.1. The van der Waals surface area contributed by atoms with Crippen LogP contribution in [0, 0.1) is 0 Å². The molecule has 0 saturated heterocycles. The first-order valence-electron chi connectivity index (χ1n) is 10.0. The van der Waals surface area contributed by atoms with Gasteiger partial charge in [0.25, 0.3) is 0 Å². The Morgan fingerprint density at radius 1 is 0.935 bits per heavy atom. The van der Waals surface area contributed by atoms with Gasteiger partial charge < -0.3 is 10.4 Å². The molecule has 0 aromatic heterocycles. The second-order valence-electron chi connectivity index (χ2n) is 7.29. The van der Waals surface area contributed by atoms with E-state index in [1.165, 1.54) is 6.08 Å². The second-order valence-corrected chi connectivity index (χ2v) is 9.00. The van der Waals surface area contributed by atoms with E-state index < -0.39 is 16.1 Å². The molecule has 0 radical (unpaired) electrons. The van der Waals surface area contributed by atoms with Crippen LogP contribution >= 0.6 is 0 Å². The van der Waals surface area contributed by atoms with Crippen LogP contribution in [0.15, 0.2) is 108 Å². The summed E-state index contributed by atoms with van der Waals surface area (Å²) >= 11 is 0. The van der Waals surface area contributed by atoms with Crippen molar-refractivity contribution in [2.24, 2.45) is 0 Å². The van der Waals surface area contributed by atoms with Gasteiger partial charge in [-0.3, -0.25) is 0 Å². The van der Waals surface area contributed by atoms with Gasteiger partial charge in [0.2, 0.25) is 10.0 Å². The van der Waals surface area contributed by atoms with Crippen molar-refractivity contribution in [3.05, 3.63) is 114 Å². The molecule has 3 aromatic carbocycles. The highest BCUT2D eigenvalue weighted by Gasteiger charge is 2.37. The van der Waals surface area contributed by atoms with Crippen molar-refractivity contribution in [1.82, 2.24) is 10.0 Å². The molecule has 31 heavy (non-hydrogen) atoms. The summed E-state index contributed by atoms with van der Waals surface area (Å²) in [7, 11) is -3.74. The molecule has 1 aliphatic carbocycles. The number of hydrogen-bond acceptors (Lipinski definition) is 4. The Balaban J connectivity index is 1.80. The van der Waals surface area contributed by atoms with Gasteiger partial charge in [-0.2, -0.15) is 0 Å². The summed E-state index contributed by atoms with van der Waals surface area (Å²) in [6.45, 7) is 1.90. The van der Waals surface area contributed by atoms with Gasteiger partial charge in [0.05, 0.1) is 23.2 Å². The number of benzene rings is 3. The molecule has 0 amide bonds. The summed E-state index contributed by atoms with van der Waals surface area (Å²) in [5.41, 5.74) is 2.71. The molecular formula is C25H24N2O3S. The number of sulfonamides is 1. The van der Waals surface area contributed by atoms with Gasteiger partial charge in [-0.05, 0) is 59.2 Å². The van der Waals surface area contributed by atoms with Gasteiger partial charge in [-0.25, -0.2) is 13.1 Å². The van der Waals surface area contributed by atoms with E-state index in [2.05, 4.69) is 10.0 Å². The molecule has 0 saturated carbocycles. The number of hydrogen-bond donors (Lipinski definition) is 3. The number of rotatable bonds is 7. The molecule has 6 heteroatoms. The average Bonchev–Trinajstić information content (AvgIpc) is 3.07. The maximum atomic E-state index is 13.2. The molecule has 0 heterocycles. The first kappa shape index (κ1) is 20.9. The summed E-state index contributed by atoms with van der Waals surface area (Å²) in [6.07, 6.45) is 7.99. The van der Waals surface area contributed by atoms with Crippen molar-refractivity contribution < 1.29 is 13.5 Å². The highest BCUT2D eigenvalue weighted by Crippen LogP contribution is 2.45. The Labute approximate surface area is 182 Å². The van der Waals surface area contributed by atoms with E-state index >= 15 is 0 Å². The fraction of sp³-hybridized carbons (Fsp3) is 0.120. The lowest BCUT2D eigenvalue weighted by molar-refractivity contribution is 0.471. The minimum absolute atomic E-state index is 0.226. The Kier molecular flexibility index (Phi) is 5.93. The highest BCUT2D eigenvalue weighted by molar-refractivity contribution is 7.89. The lowest BCUT2D eigenvalue weighted by Gasteiger charge is -2.25. The van der Waals surface area contributed by atoms with Gasteiger partial charge >= 0.3 is 0 Å². The predicted molar refractivity (Wildman–Crippen MR) is 124 cm³/mol.